The van der Waals surface area contributed by atoms with Gasteiger partial charge in [-0.15, -0.1) is 11.3 Å². The summed E-state index contributed by atoms with van der Waals surface area (Å²) in [5, 5.41) is 1.93. The number of morpholine rings is 1. The average Bonchev–Trinajstić information content (AvgIpc) is 3.10. The highest BCUT2D eigenvalue weighted by Crippen LogP contribution is 2.26. The minimum atomic E-state index is -4.08. The standard InChI is InChI=1S/C16H18F2N2O3S2/c17-12-3-4-16(13(18)10-12)25(21,22)19-11-14(15-2-1-9-24-15)20-5-7-23-8-6-20/h1-4,9-10,14,19H,5-8,11H2. The van der Waals surface area contributed by atoms with Crippen molar-refractivity contribution in [3.05, 3.63) is 52.2 Å². The van der Waals surface area contributed by atoms with E-state index in [-0.39, 0.29) is 12.6 Å². The fraction of sp³-hybridized carbons (Fsp3) is 0.375. The van der Waals surface area contributed by atoms with Gasteiger partial charge in [0.1, 0.15) is 16.5 Å². The number of nitrogens with zero attached hydrogens (tertiary/aromatic N) is 1. The monoisotopic (exact) mass is 388 g/mol. The zero-order chi connectivity index (χ0) is 17.9. The van der Waals surface area contributed by atoms with E-state index >= 15 is 0 Å². The van der Waals surface area contributed by atoms with Crippen LogP contribution in [0.5, 0.6) is 0 Å². The van der Waals surface area contributed by atoms with E-state index in [0.717, 1.165) is 17.0 Å². The van der Waals surface area contributed by atoms with E-state index in [4.69, 9.17) is 4.74 Å². The molecule has 3 rings (SSSR count). The van der Waals surface area contributed by atoms with Crippen LogP contribution in [0.2, 0.25) is 0 Å². The third-order valence-electron chi connectivity index (χ3n) is 4.01. The number of hydrogen-bond acceptors (Lipinski definition) is 5. The number of nitrogens with one attached hydrogen (secondary N) is 1. The van der Waals surface area contributed by atoms with Gasteiger partial charge in [-0.25, -0.2) is 21.9 Å². The first-order chi connectivity index (χ1) is 12.0. The van der Waals surface area contributed by atoms with Gasteiger partial charge in [0.2, 0.25) is 10.0 Å². The Morgan fingerprint density at radius 1 is 1.24 bits per heavy atom. The quantitative estimate of drug-likeness (QED) is 0.826. The molecule has 1 aliphatic rings. The number of sulfonamides is 1. The molecular weight excluding hydrogens is 370 g/mol. The molecule has 5 nitrogen and oxygen atoms in total. The van der Waals surface area contributed by atoms with Crippen LogP contribution in [0.15, 0.2) is 40.6 Å². The summed E-state index contributed by atoms with van der Waals surface area (Å²) in [7, 11) is -4.08. The molecule has 0 radical (unpaired) electrons. The predicted octanol–water partition coefficient (Wildman–Crippen LogP) is 2.38. The minimum Gasteiger partial charge on any atom is -0.379 e. The third kappa shape index (κ3) is 4.42. The van der Waals surface area contributed by atoms with Gasteiger partial charge >= 0.3 is 0 Å². The molecule has 0 bridgehead atoms. The Balaban J connectivity index is 1.78. The highest BCUT2D eigenvalue weighted by atomic mass is 32.2. The molecule has 0 spiro atoms. The van der Waals surface area contributed by atoms with Crippen molar-refractivity contribution in [1.82, 2.24) is 9.62 Å². The molecule has 1 unspecified atom stereocenters. The molecule has 0 saturated carbocycles. The van der Waals surface area contributed by atoms with Crippen LogP contribution in [0.1, 0.15) is 10.9 Å². The maximum Gasteiger partial charge on any atom is 0.243 e. The van der Waals surface area contributed by atoms with Crippen LogP contribution in [-0.2, 0) is 14.8 Å². The Labute approximate surface area is 149 Å². The molecule has 1 atom stereocenters. The molecule has 2 aromatic rings. The zero-order valence-electron chi connectivity index (χ0n) is 13.3. The molecule has 1 aromatic heterocycles. The van der Waals surface area contributed by atoms with Gasteiger partial charge in [0.05, 0.1) is 19.3 Å². The number of thiophene rings is 1. The van der Waals surface area contributed by atoms with Gasteiger partial charge in [-0.1, -0.05) is 6.07 Å². The van der Waals surface area contributed by atoms with E-state index in [1.54, 1.807) is 0 Å². The predicted molar refractivity (Wildman–Crippen MR) is 91.0 cm³/mol. The first-order valence-corrected chi connectivity index (χ1v) is 10.1. The van der Waals surface area contributed by atoms with E-state index < -0.39 is 26.6 Å². The molecule has 1 aliphatic heterocycles. The lowest BCUT2D eigenvalue weighted by Crippen LogP contribution is -2.43. The molecule has 1 N–H and O–H groups in total. The Morgan fingerprint density at radius 2 is 2.00 bits per heavy atom. The topological polar surface area (TPSA) is 58.6 Å². The van der Waals surface area contributed by atoms with Crippen LogP contribution in [0.25, 0.3) is 0 Å². The van der Waals surface area contributed by atoms with E-state index in [9.17, 15) is 17.2 Å². The van der Waals surface area contributed by atoms with Crippen LogP contribution >= 0.6 is 11.3 Å². The first kappa shape index (κ1) is 18.4. The van der Waals surface area contributed by atoms with Crippen LogP contribution < -0.4 is 4.72 Å². The van der Waals surface area contributed by atoms with Crippen molar-refractivity contribution in [2.75, 3.05) is 32.8 Å². The molecule has 1 fully saturated rings. The van der Waals surface area contributed by atoms with Crippen LogP contribution in [0, 0.1) is 11.6 Å². The van der Waals surface area contributed by atoms with E-state index in [2.05, 4.69) is 9.62 Å². The van der Waals surface area contributed by atoms with Crippen LogP contribution in [0.3, 0.4) is 0 Å². The summed E-state index contributed by atoms with van der Waals surface area (Å²) < 4.78 is 59.4. The van der Waals surface area contributed by atoms with Crippen molar-refractivity contribution >= 4 is 21.4 Å². The second-order valence-corrected chi connectivity index (χ2v) is 8.32. The molecule has 136 valence electrons. The molecule has 2 heterocycles. The summed E-state index contributed by atoms with van der Waals surface area (Å²) in [6, 6.07) is 6.10. The Hall–Kier alpha value is -1.39. The highest BCUT2D eigenvalue weighted by Gasteiger charge is 2.27. The lowest BCUT2D eigenvalue weighted by atomic mass is 10.2. The normalized spacial score (nSPS) is 17.5. The molecule has 1 aromatic carbocycles. The fourth-order valence-corrected chi connectivity index (χ4v) is 4.70. The summed E-state index contributed by atoms with van der Waals surface area (Å²) in [6.45, 7) is 2.65. The van der Waals surface area contributed by atoms with Gasteiger partial charge in [0, 0.05) is 30.6 Å². The maximum atomic E-state index is 13.8. The summed E-state index contributed by atoms with van der Waals surface area (Å²) in [4.78, 5) is 2.60. The first-order valence-electron chi connectivity index (χ1n) is 7.77. The average molecular weight is 388 g/mol. The van der Waals surface area contributed by atoms with Crippen molar-refractivity contribution in [3.8, 4) is 0 Å². The lowest BCUT2D eigenvalue weighted by molar-refractivity contribution is 0.0179. The van der Waals surface area contributed by atoms with Crippen molar-refractivity contribution in [1.29, 1.82) is 0 Å². The number of rotatable bonds is 6. The maximum absolute atomic E-state index is 13.8. The summed E-state index contributed by atoms with van der Waals surface area (Å²) in [6.07, 6.45) is 0. The van der Waals surface area contributed by atoms with Gasteiger partial charge in [-0.05, 0) is 23.6 Å². The molecule has 0 aliphatic carbocycles. The molecule has 1 saturated heterocycles. The zero-order valence-corrected chi connectivity index (χ0v) is 15.0. The largest absolute Gasteiger partial charge is 0.379 e. The van der Waals surface area contributed by atoms with Crippen LogP contribution in [-0.4, -0.2) is 46.2 Å². The SMILES string of the molecule is O=S(=O)(NCC(c1cccs1)N1CCOCC1)c1ccc(F)cc1F. The number of hydrogen-bond donors (Lipinski definition) is 1. The molecule has 9 heteroatoms. The molecule has 0 amide bonds. The Morgan fingerprint density at radius 3 is 2.64 bits per heavy atom. The van der Waals surface area contributed by atoms with Gasteiger partial charge < -0.3 is 4.74 Å². The Kier molecular flexibility index (Phi) is 5.80. The van der Waals surface area contributed by atoms with Gasteiger partial charge in [0.25, 0.3) is 0 Å². The van der Waals surface area contributed by atoms with E-state index in [1.165, 1.54) is 11.3 Å². The summed E-state index contributed by atoms with van der Waals surface area (Å²) >= 11 is 1.54. The lowest BCUT2D eigenvalue weighted by Gasteiger charge is -2.34. The van der Waals surface area contributed by atoms with Crippen molar-refractivity contribution in [2.45, 2.75) is 10.9 Å². The molecule has 25 heavy (non-hydrogen) atoms. The van der Waals surface area contributed by atoms with Gasteiger partial charge in [0.15, 0.2) is 0 Å². The highest BCUT2D eigenvalue weighted by molar-refractivity contribution is 7.89. The van der Waals surface area contributed by atoms with Crippen LogP contribution in [0.4, 0.5) is 8.78 Å². The van der Waals surface area contributed by atoms with Gasteiger partial charge in [-0.2, -0.15) is 0 Å². The van der Waals surface area contributed by atoms with Crippen molar-refractivity contribution in [3.63, 3.8) is 0 Å². The Bertz CT molecular complexity index is 807. The van der Waals surface area contributed by atoms with E-state index in [1.807, 2.05) is 17.5 Å². The third-order valence-corrected chi connectivity index (χ3v) is 6.44. The van der Waals surface area contributed by atoms with E-state index in [0.29, 0.717) is 32.4 Å². The number of halogens is 2. The smallest absolute Gasteiger partial charge is 0.243 e. The van der Waals surface area contributed by atoms with Crippen molar-refractivity contribution < 1.29 is 21.9 Å². The fourth-order valence-electron chi connectivity index (χ4n) is 2.74. The number of ether oxygens (including phenoxy) is 1. The molecular formula is C16H18F2N2O3S2. The van der Waals surface area contributed by atoms with Crippen molar-refractivity contribution in [2.24, 2.45) is 0 Å². The number of benzene rings is 1. The summed E-state index contributed by atoms with van der Waals surface area (Å²) in [5.41, 5.74) is 0. The second kappa shape index (κ2) is 7.88. The van der Waals surface area contributed by atoms with Gasteiger partial charge in [-0.3, -0.25) is 4.90 Å². The second-order valence-electron chi connectivity index (χ2n) is 5.61. The summed E-state index contributed by atoms with van der Waals surface area (Å²) in [5.74, 6) is -1.92. The minimum absolute atomic E-state index is 0.0969.